The molecule has 0 unspecified atom stereocenters. The molecule has 1 aromatic carbocycles. The molecule has 2 fully saturated rings. The summed E-state index contributed by atoms with van der Waals surface area (Å²) in [6.07, 6.45) is 0.499. The Morgan fingerprint density at radius 3 is 2.33 bits per heavy atom. The Balaban J connectivity index is 0.000000532. The van der Waals surface area contributed by atoms with Gasteiger partial charge >= 0.3 is 12.1 Å². The highest BCUT2D eigenvalue weighted by atomic mass is 35.5. The van der Waals surface area contributed by atoms with E-state index in [1.807, 2.05) is 31.5 Å². The van der Waals surface area contributed by atoms with E-state index in [-0.39, 0.29) is 6.10 Å². The zero-order valence-corrected chi connectivity index (χ0v) is 23.4. The van der Waals surface area contributed by atoms with Crippen molar-refractivity contribution < 1.29 is 27.8 Å². The monoisotopic (exact) mass is 570 g/mol. The van der Waals surface area contributed by atoms with Crippen molar-refractivity contribution in [3.8, 4) is 0 Å². The largest absolute Gasteiger partial charge is 0.490 e. The summed E-state index contributed by atoms with van der Waals surface area (Å²) in [6, 6.07) is 16.3. The Bertz CT molecular complexity index is 1020. The molecule has 0 radical (unpaired) electrons. The maximum absolute atomic E-state index is 10.6. The lowest BCUT2D eigenvalue weighted by Crippen LogP contribution is -2.62. The molecule has 0 bridgehead atoms. The van der Waals surface area contributed by atoms with Gasteiger partial charge in [0.1, 0.15) is 5.82 Å². The van der Waals surface area contributed by atoms with Crippen molar-refractivity contribution in [3.63, 3.8) is 0 Å². The Morgan fingerprint density at radius 1 is 1.15 bits per heavy atom. The van der Waals surface area contributed by atoms with Gasteiger partial charge in [0.25, 0.3) is 0 Å². The summed E-state index contributed by atoms with van der Waals surface area (Å²) in [4.78, 5) is 21.3. The number of hydrogen-bond donors (Lipinski definition) is 1. The van der Waals surface area contributed by atoms with Crippen molar-refractivity contribution in [1.29, 1.82) is 0 Å². The van der Waals surface area contributed by atoms with Gasteiger partial charge in [-0.3, -0.25) is 9.80 Å². The third-order valence-corrected chi connectivity index (χ3v) is 7.69. The maximum Gasteiger partial charge on any atom is 0.490 e. The second-order valence-electron chi connectivity index (χ2n) is 10.2. The molecule has 0 aliphatic carbocycles. The number of nitrogens with zero attached hydrogens (tertiary/aromatic N) is 4. The molecule has 3 atom stereocenters. The average Bonchev–Trinajstić information content (AvgIpc) is 2.92. The average molecular weight is 571 g/mol. The van der Waals surface area contributed by atoms with Gasteiger partial charge in [-0.05, 0) is 62.9 Å². The van der Waals surface area contributed by atoms with Gasteiger partial charge < -0.3 is 14.7 Å². The predicted molar refractivity (Wildman–Crippen MR) is 146 cm³/mol. The highest BCUT2D eigenvalue weighted by molar-refractivity contribution is 6.30. The fourth-order valence-corrected chi connectivity index (χ4v) is 5.40. The zero-order valence-electron chi connectivity index (χ0n) is 22.6. The molecule has 7 nitrogen and oxygen atoms in total. The lowest BCUT2D eigenvalue weighted by Gasteiger charge is -2.50. The number of carboxylic acid groups (broad SMARTS) is 1. The first-order chi connectivity index (χ1) is 18.5. The van der Waals surface area contributed by atoms with Crippen LogP contribution >= 0.6 is 11.6 Å². The number of carbonyl (C=O) groups is 1. The molecule has 39 heavy (non-hydrogen) atoms. The van der Waals surface area contributed by atoms with Crippen LogP contribution in [0.25, 0.3) is 0 Å². The number of pyridine rings is 1. The Kier molecular flexibility index (Phi) is 11.4. The first-order valence-electron chi connectivity index (χ1n) is 13.2. The normalized spacial score (nSPS) is 22.2. The number of anilines is 1. The number of hydrogen-bond acceptors (Lipinski definition) is 6. The van der Waals surface area contributed by atoms with Crippen LogP contribution in [-0.4, -0.2) is 96.1 Å². The summed E-state index contributed by atoms with van der Waals surface area (Å²) in [6.45, 7) is 9.87. The number of ether oxygens (including phenoxy) is 1. The van der Waals surface area contributed by atoms with E-state index in [4.69, 9.17) is 26.2 Å². The Hall–Kier alpha value is -2.40. The van der Waals surface area contributed by atoms with Crippen LogP contribution < -0.4 is 4.90 Å². The molecule has 0 saturated carbocycles. The molecule has 2 aromatic rings. The lowest BCUT2D eigenvalue weighted by atomic mass is 9.94. The van der Waals surface area contributed by atoms with E-state index >= 15 is 0 Å². The predicted octanol–water partition coefficient (Wildman–Crippen LogP) is 4.99. The van der Waals surface area contributed by atoms with Gasteiger partial charge in [-0.1, -0.05) is 29.8 Å². The molecule has 0 amide bonds. The minimum absolute atomic E-state index is 0.252. The molecule has 3 heterocycles. The number of aliphatic carboxylic acids is 1. The van der Waals surface area contributed by atoms with Gasteiger partial charge in [0.2, 0.25) is 0 Å². The summed E-state index contributed by atoms with van der Waals surface area (Å²) >= 11 is 6.14. The van der Waals surface area contributed by atoms with E-state index < -0.39 is 12.1 Å². The van der Waals surface area contributed by atoms with Crippen molar-refractivity contribution in [3.05, 3.63) is 59.2 Å². The fraction of sp³-hybridized carbons (Fsp3) is 0.571. The van der Waals surface area contributed by atoms with E-state index in [0.29, 0.717) is 18.1 Å². The molecule has 2 aliphatic rings. The van der Waals surface area contributed by atoms with Crippen LogP contribution in [0.15, 0.2) is 48.7 Å². The standard InChI is InChI=1S/C26H37ClN4O.C2HF3O2/c1-20-17-31(24-11-14-29(15-12-24)26-6-4-5-13-28-26)25(19-30(20)18-21(2)32-3)16-22-7-9-23(27)10-8-22;3-2(4,5)1(6)7/h4-10,13,20-21,24-25H,11-12,14-19H2,1-3H3;(H,6,7)/t20-,21+,25-;/m0./s1. The first kappa shape index (κ1) is 31.1. The van der Waals surface area contributed by atoms with E-state index in [2.05, 4.69) is 57.8 Å². The highest BCUT2D eigenvalue weighted by Gasteiger charge is 2.38. The summed E-state index contributed by atoms with van der Waals surface area (Å²) in [5.74, 6) is -1.65. The third-order valence-electron chi connectivity index (χ3n) is 7.44. The first-order valence-corrected chi connectivity index (χ1v) is 13.6. The molecule has 11 heteroatoms. The van der Waals surface area contributed by atoms with Crippen molar-refractivity contribution >= 4 is 23.4 Å². The summed E-state index contributed by atoms with van der Waals surface area (Å²) in [7, 11) is 1.81. The van der Waals surface area contributed by atoms with E-state index in [0.717, 1.165) is 50.0 Å². The Labute approximate surface area is 233 Å². The molecule has 0 spiro atoms. The van der Waals surface area contributed by atoms with Crippen LogP contribution in [0.3, 0.4) is 0 Å². The summed E-state index contributed by atoms with van der Waals surface area (Å²) in [5.41, 5.74) is 1.37. The van der Waals surface area contributed by atoms with E-state index in [9.17, 15) is 13.2 Å². The van der Waals surface area contributed by atoms with Crippen LogP contribution in [0.2, 0.25) is 5.02 Å². The SMILES string of the molecule is CO[C@H](C)CN1C[C@H](Cc2ccc(Cl)cc2)N(C2CCN(c3ccccn3)CC2)C[C@@H]1C.O=C(O)C(F)(F)F. The van der Waals surface area contributed by atoms with Gasteiger partial charge in [0.05, 0.1) is 6.10 Å². The van der Waals surface area contributed by atoms with Crippen molar-refractivity contribution in [2.75, 3.05) is 44.7 Å². The number of benzene rings is 1. The highest BCUT2D eigenvalue weighted by Crippen LogP contribution is 2.28. The van der Waals surface area contributed by atoms with Crippen molar-refractivity contribution in [2.24, 2.45) is 0 Å². The molecule has 216 valence electrons. The van der Waals surface area contributed by atoms with Gasteiger partial charge in [-0.15, -0.1) is 0 Å². The number of alkyl halides is 3. The van der Waals surface area contributed by atoms with Crippen LogP contribution in [0.5, 0.6) is 0 Å². The second kappa shape index (κ2) is 14.3. The van der Waals surface area contributed by atoms with Crippen molar-refractivity contribution in [2.45, 2.75) is 63.5 Å². The van der Waals surface area contributed by atoms with E-state index in [1.165, 1.54) is 18.4 Å². The third kappa shape index (κ3) is 9.34. The number of piperazine rings is 1. The minimum atomic E-state index is -5.08. The van der Waals surface area contributed by atoms with Crippen LogP contribution in [-0.2, 0) is 16.0 Å². The summed E-state index contributed by atoms with van der Waals surface area (Å²) in [5, 5.41) is 7.93. The quantitative estimate of drug-likeness (QED) is 0.503. The maximum atomic E-state index is 10.6. The summed E-state index contributed by atoms with van der Waals surface area (Å²) < 4.78 is 37.3. The molecule has 1 N–H and O–H groups in total. The number of halogens is 4. The Morgan fingerprint density at radius 2 is 1.79 bits per heavy atom. The molecule has 2 aliphatic heterocycles. The van der Waals surface area contributed by atoms with Crippen molar-refractivity contribution in [1.82, 2.24) is 14.8 Å². The molecular formula is C28H38ClF3N4O3. The smallest absolute Gasteiger partial charge is 0.475 e. The molecule has 2 saturated heterocycles. The lowest BCUT2D eigenvalue weighted by molar-refractivity contribution is -0.192. The minimum Gasteiger partial charge on any atom is -0.475 e. The second-order valence-corrected chi connectivity index (χ2v) is 10.7. The van der Waals surface area contributed by atoms with Gasteiger partial charge in [-0.2, -0.15) is 13.2 Å². The van der Waals surface area contributed by atoms with Crippen LogP contribution in [0.1, 0.15) is 32.3 Å². The number of aromatic nitrogens is 1. The van der Waals surface area contributed by atoms with Gasteiger partial charge in [0.15, 0.2) is 0 Å². The van der Waals surface area contributed by atoms with Crippen LogP contribution in [0.4, 0.5) is 19.0 Å². The number of methoxy groups -OCH3 is 1. The topological polar surface area (TPSA) is 69.1 Å². The van der Waals surface area contributed by atoms with E-state index in [1.54, 1.807) is 0 Å². The number of carboxylic acids is 1. The molecular weight excluding hydrogens is 533 g/mol. The van der Waals surface area contributed by atoms with Gasteiger partial charge in [0, 0.05) is 69.2 Å². The zero-order chi connectivity index (χ0) is 28.6. The molecule has 1 aromatic heterocycles. The number of piperidine rings is 1. The van der Waals surface area contributed by atoms with Crippen LogP contribution in [0, 0.1) is 0 Å². The fourth-order valence-electron chi connectivity index (χ4n) is 5.27. The molecule has 4 rings (SSSR count). The number of rotatable bonds is 7. The van der Waals surface area contributed by atoms with Gasteiger partial charge in [-0.25, -0.2) is 9.78 Å².